The summed E-state index contributed by atoms with van der Waals surface area (Å²) in [6, 6.07) is 8.53. The summed E-state index contributed by atoms with van der Waals surface area (Å²) in [5.41, 5.74) is 1.30. The second-order valence-electron chi connectivity index (χ2n) is 5.72. The number of nitrogens with zero attached hydrogens (tertiary/aromatic N) is 1. The van der Waals surface area contributed by atoms with E-state index in [0.29, 0.717) is 17.1 Å². The van der Waals surface area contributed by atoms with E-state index in [-0.39, 0.29) is 18.4 Å². The Labute approximate surface area is 146 Å². The van der Waals surface area contributed by atoms with Crippen LogP contribution >= 0.6 is 0 Å². The van der Waals surface area contributed by atoms with E-state index < -0.39 is 11.6 Å². The zero-order valence-corrected chi connectivity index (χ0v) is 14.7. The summed E-state index contributed by atoms with van der Waals surface area (Å²) < 4.78 is 36.9. The molecule has 0 radical (unpaired) electrons. The van der Waals surface area contributed by atoms with Crippen molar-refractivity contribution >= 4 is 5.91 Å². The van der Waals surface area contributed by atoms with Gasteiger partial charge < -0.3 is 14.4 Å². The number of methoxy groups -OCH3 is 2. The van der Waals surface area contributed by atoms with Gasteiger partial charge in [0.05, 0.1) is 26.7 Å². The van der Waals surface area contributed by atoms with Crippen molar-refractivity contribution in [3.8, 4) is 11.5 Å². The molecule has 0 fully saturated rings. The van der Waals surface area contributed by atoms with Crippen molar-refractivity contribution in [2.75, 3.05) is 21.3 Å². The molecule has 0 heterocycles. The first kappa shape index (κ1) is 18.7. The van der Waals surface area contributed by atoms with Crippen LogP contribution in [-0.4, -0.2) is 32.1 Å². The Balaban J connectivity index is 2.12. The van der Waals surface area contributed by atoms with E-state index in [0.717, 1.165) is 17.7 Å². The summed E-state index contributed by atoms with van der Waals surface area (Å²) in [6.45, 7) is 1.76. The van der Waals surface area contributed by atoms with Gasteiger partial charge in [0.25, 0.3) is 0 Å². The number of benzene rings is 2. The number of hydrogen-bond acceptors (Lipinski definition) is 3. The molecule has 2 aromatic rings. The summed E-state index contributed by atoms with van der Waals surface area (Å²) in [5.74, 6) is -0.851. The van der Waals surface area contributed by atoms with E-state index in [9.17, 15) is 13.6 Å². The molecule has 1 atom stereocenters. The molecule has 0 aliphatic carbocycles. The van der Waals surface area contributed by atoms with Crippen molar-refractivity contribution in [3.05, 3.63) is 59.2 Å². The van der Waals surface area contributed by atoms with E-state index in [1.165, 1.54) is 18.1 Å². The first-order chi connectivity index (χ1) is 11.9. The summed E-state index contributed by atoms with van der Waals surface area (Å²) >= 11 is 0. The second-order valence-corrected chi connectivity index (χ2v) is 5.72. The highest BCUT2D eigenvalue weighted by Crippen LogP contribution is 2.28. The minimum Gasteiger partial charge on any atom is -0.493 e. The van der Waals surface area contributed by atoms with Crippen LogP contribution in [0.4, 0.5) is 8.78 Å². The number of carbonyl (C=O) groups excluding carboxylic acids is 1. The SMILES string of the molecule is COc1ccc(CC(=O)N(C)C(C)c2ccc(F)c(F)c2)cc1OC. The minimum absolute atomic E-state index is 0.149. The average Bonchev–Trinajstić information content (AvgIpc) is 2.62. The van der Waals surface area contributed by atoms with Gasteiger partial charge in [0, 0.05) is 7.05 Å². The van der Waals surface area contributed by atoms with Crippen LogP contribution in [0, 0.1) is 11.6 Å². The lowest BCUT2D eigenvalue weighted by atomic mass is 10.1. The quantitative estimate of drug-likeness (QED) is 0.797. The maximum Gasteiger partial charge on any atom is 0.227 e. The van der Waals surface area contributed by atoms with Crippen molar-refractivity contribution in [1.29, 1.82) is 0 Å². The molecule has 0 aromatic heterocycles. The number of halogens is 2. The van der Waals surface area contributed by atoms with E-state index in [4.69, 9.17) is 9.47 Å². The van der Waals surface area contributed by atoms with Gasteiger partial charge in [-0.05, 0) is 42.3 Å². The zero-order valence-electron chi connectivity index (χ0n) is 14.7. The molecule has 134 valence electrons. The standard InChI is InChI=1S/C19H21F2NO3/c1-12(14-6-7-15(20)16(21)11-14)22(2)19(23)10-13-5-8-17(24-3)18(9-13)25-4/h5-9,11-12H,10H2,1-4H3. The fourth-order valence-corrected chi connectivity index (χ4v) is 2.50. The van der Waals surface area contributed by atoms with Crippen molar-refractivity contribution in [1.82, 2.24) is 4.90 Å². The molecular weight excluding hydrogens is 328 g/mol. The van der Waals surface area contributed by atoms with Crippen LogP contribution in [0.2, 0.25) is 0 Å². The highest BCUT2D eigenvalue weighted by Gasteiger charge is 2.19. The van der Waals surface area contributed by atoms with E-state index in [1.54, 1.807) is 39.3 Å². The van der Waals surface area contributed by atoms with Gasteiger partial charge in [0.1, 0.15) is 0 Å². The predicted octanol–water partition coefficient (Wildman–Crippen LogP) is 3.74. The van der Waals surface area contributed by atoms with Crippen LogP contribution in [0.1, 0.15) is 24.1 Å². The number of amides is 1. The molecule has 0 spiro atoms. The Morgan fingerprint density at radius 3 is 2.32 bits per heavy atom. The molecule has 2 rings (SSSR count). The number of likely N-dealkylation sites (N-methyl/N-ethyl adjacent to an activating group) is 1. The molecule has 0 saturated heterocycles. The second kappa shape index (κ2) is 7.96. The first-order valence-corrected chi connectivity index (χ1v) is 7.79. The Kier molecular flexibility index (Phi) is 5.96. The smallest absolute Gasteiger partial charge is 0.227 e. The number of hydrogen-bond donors (Lipinski definition) is 0. The Morgan fingerprint density at radius 1 is 1.04 bits per heavy atom. The number of ether oxygens (including phenoxy) is 2. The average molecular weight is 349 g/mol. The largest absolute Gasteiger partial charge is 0.493 e. The maximum absolute atomic E-state index is 13.4. The zero-order chi connectivity index (χ0) is 18.6. The predicted molar refractivity (Wildman–Crippen MR) is 90.8 cm³/mol. The molecule has 25 heavy (non-hydrogen) atoms. The molecule has 1 unspecified atom stereocenters. The molecule has 0 bridgehead atoms. The van der Waals surface area contributed by atoms with Crippen LogP contribution in [0.15, 0.2) is 36.4 Å². The van der Waals surface area contributed by atoms with Gasteiger partial charge in [-0.25, -0.2) is 8.78 Å². The fourth-order valence-electron chi connectivity index (χ4n) is 2.50. The van der Waals surface area contributed by atoms with Crippen LogP contribution in [-0.2, 0) is 11.2 Å². The molecular formula is C19H21F2NO3. The fraction of sp³-hybridized carbons (Fsp3) is 0.316. The normalized spacial score (nSPS) is 11.8. The molecule has 2 aromatic carbocycles. The van der Waals surface area contributed by atoms with Crippen LogP contribution in [0.5, 0.6) is 11.5 Å². The van der Waals surface area contributed by atoms with Crippen LogP contribution in [0.25, 0.3) is 0 Å². The lowest BCUT2D eigenvalue weighted by Crippen LogP contribution is -2.31. The first-order valence-electron chi connectivity index (χ1n) is 7.79. The third-order valence-electron chi connectivity index (χ3n) is 4.20. The molecule has 0 saturated carbocycles. The highest BCUT2D eigenvalue weighted by molar-refractivity contribution is 5.79. The van der Waals surface area contributed by atoms with Gasteiger partial charge in [-0.3, -0.25) is 4.79 Å². The monoisotopic (exact) mass is 349 g/mol. The highest BCUT2D eigenvalue weighted by atomic mass is 19.2. The van der Waals surface area contributed by atoms with Crippen molar-refractivity contribution in [2.24, 2.45) is 0 Å². The molecule has 4 nitrogen and oxygen atoms in total. The van der Waals surface area contributed by atoms with Gasteiger partial charge in [-0.2, -0.15) is 0 Å². The molecule has 0 aliphatic heterocycles. The lowest BCUT2D eigenvalue weighted by molar-refractivity contribution is -0.131. The lowest BCUT2D eigenvalue weighted by Gasteiger charge is -2.25. The molecule has 1 amide bonds. The topological polar surface area (TPSA) is 38.8 Å². The summed E-state index contributed by atoms with van der Waals surface area (Å²) in [4.78, 5) is 14.0. The summed E-state index contributed by atoms with van der Waals surface area (Å²) in [7, 11) is 4.70. The van der Waals surface area contributed by atoms with Gasteiger partial charge in [-0.15, -0.1) is 0 Å². The van der Waals surface area contributed by atoms with Crippen molar-refractivity contribution in [2.45, 2.75) is 19.4 Å². The van der Waals surface area contributed by atoms with Crippen LogP contribution in [0.3, 0.4) is 0 Å². The molecule has 0 aliphatic rings. The maximum atomic E-state index is 13.4. The van der Waals surface area contributed by atoms with Gasteiger partial charge in [0.15, 0.2) is 23.1 Å². The Hall–Kier alpha value is -2.63. The number of rotatable bonds is 6. The summed E-state index contributed by atoms with van der Waals surface area (Å²) in [6.07, 6.45) is 0.158. The Morgan fingerprint density at radius 2 is 1.72 bits per heavy atom. The summed E-state index contributed by atoms with van der Waals surface area (Å²) in [5, 5.41) is 0. The van der Waals surface area contributed by atoms with E-state index in [1.807, 2.05) is 0 Å². The van der Waals surface area contributed by atoms with Crippen molar-refractivity contribution in [3.63, 3.8) is 0 Å². The van der Waals surface area contributed by atoms with Crippen molar-refractivity contribution < 1.29 is 23.0 Å². The molecule has 0 N–H and O–H groups in total. The van der Waals surface area contributed by atoms with E-state index >= 15 is 0 Å². The van der Waals surface area contributed by atoms with Gasteiger partial charge >= 0.3 is 0 Å². The number of carbonyl (C=O) groups is 1. The van der Waals surface area contributed by atoms with E-state index in [2.05, 4.69) is 0 Å². The minimum atomic E-state index is -0.926. The third-order valence-corrected chi connectivity index (χ3v) is 4.20. The third kappa shape index (κ3) is 4.26. The van der Waals surface area contributed by atoms with Crippen LogP contribution < -0.4 is 9.47 Å². The van der Waals surface area contributed by atoms with Gasteiger partial charge in [0.2, 0.25) is 5.91 Å². The van der Waals surface area contributed by atoms with Gasteiger partial charge in [-0.1, -0.05) is 12.1 Å². The Bertz CT molecular complexity index is 764. The molecule has 6 heteroatoms.